The minimum atomic E-state index is 0.747. The van der Waals surface area contributed by atoms with Crippen molar-refractivity contribution in [2.24, 2.45) is 0 Å². The van der Waals surface area contributed by atoms with Crippen LogP contribution in [0.25, 0.3) is 0 Å². The van der Waals surface area contributed by atoms with Crippen molar-refractivity contribution in [2.75, 3.05) is 38.1 Å². The van der Waals surface area contributed by atoms with E-state index in [9.17, 15) is 0 Å². The lowest BCUT2D eigenvalue weighted by Gasteiger charge is -2.26. The molecule has 2 rings (SSSR count). The van der Waals surface area contributed by atoms with Gasteiger partial charge in [0.1, 0.15) is 12.4 Å². The van der Waals surface area contributed by atoms with E-state index in [0.717, 1.165) is 31.1 Å². The number of nitrogens with zero attached hydrogens (tertiary/aromatic N) is 2. The SMILES string of the molecule is CCNc1cncc(OCCN2CCCCC2)c1. The second-order valence-electron chi connectivity index (χ2n) is 4.69. The van der Waals surface area contributed by atoms with Crippen LogP contribution in [0, 0.1) is 0 Å². The smallest absolute Gasteiger partial charge is 0.139 e. The van der Waals surface area contributed by atoms with E-state index >= 15 is 0 Å². The van der Waals surface area contributed by atoms with Crippen molar-refractivity contribution in [3.05, 3.63) is 18.5 Å². The molecular weight excluding hydrogens is 226 g/mol. The zero-order valence-electron chi connectivity index (χ0n) is 11.2. The molecule has 0 aromatic carbocycles. The molecule has 2 heterocycles. The number of ether oxygens (including phenoxy) is 1. The summed E-state index contributed by atoms with van der Waals surface area (Å²) in [4.78, 5) is 6.64. The quantitative estimate of drug-likeness (QED) is 0.840. The molecule has 0 spiro atoms. The van der Waals surface area contributed by atoms with Crippen LogP contribution in [0.3, 0.4) is 0 Å². The van der Waals surface area contributed by atoms with Gasteiger partial charge in [0, 0.05) is 19.2 Å². The van der Waals surface area contributed by atoms with Crippen LogP contribution in [0.15, 0.2) is 18.5 Å². The van der Waals surface area contributed by atoms with Crippen LogP contribution in [-0.4, -0.2) is 42.7 Å². The Morgan fingerprint density at radius 1 is 1.28 bits per heavy atom. The molecule has 18 heavy (non-hydrogen) atoms. The van der Waals surface area contributed by atoms with E-state index < -0.39 is 0 Å². The van der Waals surface area contributed by atoms with Gasteiger partial charge in [-0.1, -0.05) is 6.42 Å². The molecule has 1 aromatic heterocycles. The maximum Gasteiger partial charge on any atom is 0.139 e. The van der Waals surface area contributed by atoms with Crippen molar-refractivity contribution >= 4 is 5.69 Å². The minimum absolute atomic E-state index is 0.747. The number of nitrogens with one attached hydrogen (secondary N) is 1. The maximum atomic E-state index is 5.75. The first-order valence-corrected chi connectivity index (χ1v) is 6.92. The maximum absolute atomic E-state index is 5.75. The fraction of sp³-hybridized carbons (Fsp3) is 0.643. The fourth-order valence-electron chi connectivity index (χ4n) is 2.27. The number of hydrogen-bond donors (Lipinski definition) is 1. The normalized spacial score (nSPS) is 16.5. The van der Waals surface area contributed by atoms with Gasteiger partial charge in [-0.15, -0.1) is 0 Å². The third kappa shape index (κ3) is 4.18. The van der Waals surface area contributed by atoms with Crippen molar-refractivity contribution in [2.45, 2.75) is 26.2 Å². The van der Waals surface area contributed by atoms with Gasteiger partial charge in [-0.2, -0.15) is 0 Å². The topological polar surface area (TPSA) is 37.4 Å². The number of hydrogen-bond acceptors (Lipinski definition) is 4. The Morgan fingerprint density at radius 3 is 2.89 bits per heavy atom. The van der Waals surface area contributed by atoms with Crippen molar-refractivity contribution in [3.8, 4) is 5.75 Å². The molecule has 1 fully saturated rings. The predicted molar refractivity (Wildman–Crippen MR) is 74.2 cm³/mol. The summed E-state index contributed by atoms with van der Waals surface area (Å²) in [5, 5.41) is 3.23. The van der Waals surface area contributed by atoms with E-state index in [2.05, 4.69) is 22.1 Å². The lowest BCUT2D eigenvalue weighted by molar-refractivity contribution is 0.183. The Morgan fingerprint density at radius 2 is 2.11 bits per heavy atom. The van der Waals surface area contributed by atoms with E-state index in [1.807, 2.05) is 12.3 Å². The second-order valence-corrected chi connectivity index (χ2v) is 4.69. The molecule has 1 aliphatic heterocycles. The summed E-state index contributed by atoms with van der Waals surface area (Å²) in [6.45, 7) is 7.18. The molecule has 1 aromatic rings. The minimum Gasteiger partial charge on any atom is -0.491 e. The van der Waals surface area contributed by atoms with Crippen LogP contribution in [0.5, 0.6) is 5.75 Å². The van der Waals surface area contributed by atoms with Gasteiger partial charge in [-0.3, -0.25) is 9.88 Å². The summed E-state index contributed by atoms with van der Waals surface area (Å²) >= 11 is 0. The average molecular weight is 249 g/mol. The molecule has 1 saturated heterocycles. The number of rotatable bonds is 6. The van der Waals surface area contributed by atoms with E-state index in [1.54, 1.807) is 6.20 Å². The molecule has 4 heteroatoms. The Kier molecular flexibility index (Phi) is 5.27. The largest absolute Gasteiger partial charge is 0.491 e. The van der Waals surface area contributed by atoms with Crippen LogP contribution < -0.4 is 10.1 Å². The van der Waals surface area contributed by atoms with Gasteiger partial charge in [0.15, 0.2) is 0 Å². The highest BCUT2D eigenvalue weighted by atomic mass is 16.5. The van der Waals surface area contributed by atoms with Gasteiger partial charge in [0.25, 0.3) is 0 Å². The van der Waals surface area contributed by atoms with Gasteiger partial charge in [-0.25, -0.2) is 0 Å². The molecule has 1 N–H and O–H groups in total. The molecule has 1 aliphatic rings. The molecule has 0 amide bonds. The third-order valence-electron chi connectivity index (χ3n) is 3.22. The van der Waals surface area contributed by atoms with Crippen LogP contribution in [0.4, 0.5) is 5.69 Å². The molecule has 100 valence electrons. The van der Waals surface area contributed by atoms with Gasteiger partial charge in [-0.05, 0) is 32.9 Å². The summed E-state index contributed by atoms with van der Waals surface area (Å²) in [7, 11) is 0. The molecule has 0 radical (unpaired) electrons. The monoisotopic (exact) mass is 249 g/mol. The lowest BCUT2D eigenvalue weighted by atomic mass is 10.1. The summed E-state index contributed by atoms with van der Waals surface area (Å²) in [5.41, 5.74) is 1.02. The van der Waals surface area contributed by atoms with Gasteiger partial charge in [0.05, 0.1) is 18.1 Å². The van der Waals surface area contributed by atoms with E-state index in [4.69, 9.17) is 4.74 Å². The van der Waals surface area contributed by atoms with Gasteiger partial charge < -0.3 is 10.1 Å². The van der Waals surface area contributed by atoms with Gasteiger partial charge in [0.2, 0.25) is 0 Å². The van der Waals surface area contributed by atoms with Crippen LogP contribution >= 0.6 is 0 Å². The van der Waals surface area contributed by atoms with Crippen molar-refractivity contribution in [1.82, 2.24) is 9.88 Å². The standard InChI is InChI=1S/C14H23N3O/c1-2-16-13-10-14(12-15-11-13)18-9-8-17-6-4-3-5-7-17/h10-12,16H,2-9H2,1H3. The zero-order chi connectivity index (χ0) is 12.6. The Labute approximate surface area is 109 Å². The molecule has 0 aliphatic carbocycles. The Hall–Kier alpha value is -1.29. The molecule has 0 unspecified atom stereocenters. The van der Waals surface area contributed by atoms with Crippen LogP contribution in [0.2, 0.25) is 0 Å². The Bertz CT molecular complexity index is 351. The Balaban J connectivity index is 1.73. The van der Waals surface area contributed by atoms with Crippen molar-refractivity contribution < 1.29 is 4.74 Å². The third-order valence-corrected chi connectivity index (χ3v) is 3.22. The van der Waals surface area contributed by atoms with E-state index in [0.29, 0.717) is 0 Å². The number of anilines is 1. The van der Waals surface area contributed by atoms with E-state index in [-0.39, 0.29) is 0 Å². The number of aromatic nitrogens is 1. The molecular formula is C14H23N3O. The highest BCUT2D eigenvalue weighted by Gasteiger charge is 2.09. The summed E-state index contributed by atoms with van der Waals surface area (Å²) < 4.78 is 5.75. The first kappa shape index (κ1) is 13.1. The first-order valence-electron chi connectivity index (χ1n) is 6.92. The highest BCUT2D eigenvalue weighted by molar-refractivity contribution is 5.44. The summed E-state index contributed by atoms with van der Waals surface area (Å²) in [6.07, 6.45) is 7.64. The molecule has 4 nitrogen and oxygen atoms in total. The number of likely N-dealkylation sites (tertiary alicyclic amines) is 1. The number of pyridine rings is 1. The second kappa shape index (κ2) is 7.21. The zero-order valence-corrected chi connectivity index (χ0v) is 11.2. The lowest BCUT2D eigenvalue weighted by Crippen LogP contribution is -2.33. The summed E-state index contributed by atoms with van der Waals surface area (Å²) in [6, 6.07) is 2.01. The van der Waals surface area contributed by atoms with Crippen molar-refractivity contribution in [1.29, 1.82) is 0 Å². The first-order chi connectivity index (χ1) is 8.88. The van der Waals surface area contributed by atoms with E-state index in [1.165, 1.54) is 32.4 Å². The van der Waals surface area contributed by atoms with Crippen LogP contribution in [0.1, 0.15) is 26.2 Å². The van der Waals surface area contributed by atoms with Crippen LogP contribution in [-0.2, 0) is 0 Å². The summed E-state index contributed by atoms with van der Waals surface area (Å²) in [5.74, 6) is 0.852. The molecule has 0 atom stereocenters. The number of piperidine rings is 1. The van der Waals surface area contributed by atoms with Crippen molar-refractivity contribution in [3.63, 3.8) is 0 Å². The average Bonchev–Trinajstić information content (AvgIpc) is 2.41. The molecule has 0 bridgehead atoms. The highest BCUT2D eigenvalue weighted by Crippen LogP contribution is 2.15. The fourth-order valence-corrected chi connectivity index (χ4v) is 2.27. The van der Waals surface area contributed by atoms with Gasteiger partial charge >= 0.3 is 0 Å². The predicted octanol–water partition coefficient (Wildman–Crippen LogP) is 2.38. The molecule has 0 saturated carbocycles.